The molecule has 0 amide bonds. The summed E-state index contributed by atoms with van der Waals surface area (Å²) in [6.07, 6.45) is 0. The predicted molar refractivity (Wildman–Crippen MR) is 59.3 cm³/mol. The third-order valence-corrected chi connectivity index (χ3v) is 2.49. The zero-order chi connectivity index (χ0) is 10.7. The smallest absolute Gasteiger partial charge is 0.321 e. The van der Waals surface area contributed by atoms with Crippen LogP contribution in [0.3, 0.4) is 0 Å². The molecule has 4 nitrogen and oxygen atoms in total. The van der Waals surface area contributed by atoms with Crippen molar-refractivity contribution in [3.63, 3.8) is 0 Å². The van der Waals surface area contributed by atoms with Crippen molar-refractivity contribution in [1.29, 1.82) is 0 Å². The lowest BCUT2D eigenvalue weighted by molar-refractivity contribution is 0.312. The third kappa shape index (κ3) is 2.43. The van der Waals surface area contributed by atoms with Crippen LogP contribution in [-0.2, 0) is 0 Å². The molecule has 0 spiro atoms. The van der Waals surface area contributed by atoms with Gasteiger partial charge in [-0.3, -0.25) is 0 Å². The molecular formula is C9H8ClN3OS. The first kappa shape index (κ1) is 10.3. The average Bonchev–Trinajstić information content (AvgIpc) is 2.70. The number of hydrogen-bond acceptors (Lipinski definition) is 5. The molecule has 0 aromatic carbocycles. The zero-order valence-corrected chi connectivity index (χ0v) is 9.55. The van der Waals surface area contributed by atoms with Gasteiger partial charge in [-0.2, -0.15) is 26.3 Å². The quantitative estimate of drug-likeness (QED) is 0.829. The molecule has 6 heteroatoms. The van der Waals surface area contributed by atoms with Gasteiger partial charge in [0.2, 0.25) is 5.28 Å². The molecular weight excluding hydrogens is 234 g/mol. The van der Waals surface area contributed by atoms with Crippen molar-refractivity contribution in [2.75, 3.05) is 6.61 Å². The van der Waals surface area contributed by atoms with Crippen LogP contribution in [0.5, 0.6) is 6.01 Å². The van der Waals surface area contributed by atoms with E-state index < -0.39 is 0 Å². The molecule has 2 aromatic heterocycles. The number of thiophene rings is 1. The molecule has 0 aliphatic rings. The van der Waals surface area contributed by atoms with Gasteiger partial charge in [0.1, 0.15) is 0 Å². The molecule has 0 saturated heterocycles. The van der Waals surface area contributed by atoms with Crippen LogP contribution in [0.1, 0.15) is 6.92 Å². The maximum Gasteiger partial charge on any atom is 0.321 e. The van der Waals surface area contributed by atoms with Crippen LogP contribution in [0.15, 0.2) is 16.8 Å². The standard InChI is InChI=1S/C9H8ClN3OS/c1-2-14-9-12-7(11-8(10)13-9)6-3-4-15-5-6/h3-5H,2H2,1H3. The van der Waals surface area contributed by atoms with E-state index in [1.807, 2.05) is 23.8 Å². The van der Waals surface area contributed by atoms with E-state index in [0.29, 0.717) is 12.4 Å². The first-order valence-corrected chi connectivity index (χ1v) is 5.68. The molecule has 2 rings (SSSR count). The van der Waals surface area contributed by atoms with E-state index >= 15 is 0 Å². The Balaban J connectivity index is 2.40. The molecule has 0 fully saturated rings. The van der Waals surface area contributed by atoms with E-state index in [0.717, 1.165) is 5.56 Å². The molecule has 0 radical (unpaired) electrons. The number of halogens is 1. The molecule has 0 bridgehead atoms. The highest BCUT2D eigenvalue weighted by atomic mass is 35.5. The number of rotatable bonds is 3. The summed E-state index contributed by atoms with van der Waals surface area (Å²) in [6, 6.07) is 2.19. The number of hydrogen-bond donors (Lipinski definition) is 0. The molecule has 78 valence electrons. The lowest BCUT2D eigenvalue weighted by atomic mass is 10.3. The van der Waals surface area contributed by atoms with Gasteiger partial charge < -0.3 is 4.74 Å². The maximum atomic E-state index is 5.76. The number of nitrogens with zero attached hydrogens (tertiary/aromatic N) is 3. The van der Waals surface area contributed by atoms with E-state index in [9.17, 15) is 0 Å². The van der Waals surface area contributed by atoms with Gasteiger partial charge in [0, 0.05) is 10.9 Å². The second kappa shape index (κ2) is 4.55. The fraction of sp³-hybridized carbons (Fsp3) is 0.222. The minimum Gasteiger partial charge on any atom is -0.464 e. The second-order valence-electron chi connectivity index (χ2n) is 2.66. The highest BCUT2D eigenvalue weighted by Crippen LogP contribution is 2.20. The molecule has 0 unspecified atom stereocenters. The van der Waals surface area contributed by atoms with Crippen LogP contribution in [-0.4, -0.2) is 21.6 Å². The molecule has 2 aromatic rings. The second-order valence-corrected chi connectivity index (χ2v) is 3.77. The average molecular weight is 242 g/mol. The fourth-order valence-electron chi connectivity index (χ4n) is 1.05. The number of ether oxygens (including phenoxy) is 1. The maximum absolute atomic E-state index is 5.76. The molecule has 2 heterocycles. The van der Waals surface area contributed by atoms with E-state index in [-0.39, 0.29) is 11.3 Å². The molecule has 0 saturated carbocycles. The van der Waals surface area contributed by atoms with Crippen molar-refractivity contribution in [1.82, 2.24) is 15.0 Å². The van der Waals surface area contributed by atoms with Crippen LogP contribution in [0, 0.1) is 0 Å². The van der Waals surface area contributed by atoms with Crippen molar-refractivity contribution in [2.45, 2.75) is 6.92 Å². The Labute approximate surface area is 95.9 Å². The summed E-state index contributed by atoms with van der Waals surface area (Å²) in [5.74, 6) is 0.541. The van der Waals surface area contributed by atoms with Crippen molar-refractivity contribution < 1.29 is 4.74 Å². The Morgan fingerprint density at radius 1 is 1.40 bits per heavy atom. The van der Waals surface area contributed by atoms with Crippen molar-refractivity contribution in [2.24, 2.45) is 0 Å². The predicted octanol–water partition coefficient (Wildman–Crippen LogP) is 2.65. The SMILES string of the molecule is CCOc1nc(Cl)nc(-c2ccsc2)n1. The van der Waals surface area contributed by atoms with Gasteiger partial charge in [-0.1, -0.05) is 0 Å². The Morgan fingerprint density at radius 2 is 2.27 bits per heavy atom. The molecule has 15 heavy (non-hydrogen) atoms. The molecule has 0 N–H and O–H groups in total. The van der Waals surface area contributed by atoms with Crippen LogP contribution in [0.2, 0.25) is 5.28 Å². The van der Waals surface area contributed by atoms with Crippen molar-refractivity contribution in [3.05, 3.63) is 22.1 Å². The summed E-state index contributed by atoms with van der Waals surface area (Å²) in [6.45, 7) is 2.37. The Kier molecular flexibility index (Phi) is 3.13. The van der Waals surface area contributed by atoms with Gasteiger partial charge in [-0.25, -0.2) is 0 Å². The van der Waals surface area contributed by atoms with E-state index in [2.05, 4.69) is 15.0 Å². The topological polar surface area (TPSA) is 47.9 Å². The van der Waals surface area contributed by atoms with Crippen molar-refractivity contribution >= 4 is 22.9 Å². The number of aromatic nitrogens is 3. The first-order valence-electron chi connectivity index (χ1n) is 4.36. The normalized spacial score (nSPS) is 10.3. The summed E-state index contributed by atoms with van der Waals surface area (Å²) < 4.78 is 5.18. The third-order valence-electron chi connectivity index (χ3n) is 1.64. The highest BCUT2D eigenvalue weighted by molar-refractivity contribution is 7.08. The van der Waals surface area contributed by atoms with E-state index in [4.69, 9.17) is 16.3 Å². The van der Waals surface area contributed by atoms with Crippen LogP contribution in [0.25, 0.3) is 11.4 Å². The van der Waals surface area contributed by atoms with Gasteiger partial charge >= 0.3 is 6.01 Å². The minimum absolute atomic E-state index is 0.148. The highest BCUT2D eigenvalue weighted by Gasteiger charge is 2.07. The van der Waals surface area contributed by atoms with Crippen molar-refractivity contribution in [3.8, 4) is 17.4 Å². The first-order chi connectivity index (χ1) is 7.29. The lowest BCUT2D eigenvalue weighted by Gasteiger charge is -2.02. The Morgan fingerprint density at radius 3 is 2.93 bits per heavy atom. The van der Waals surface area contributed by atoms with Crippen LogP contribution >= 0.6 is 22.9 Å². The molecule has 0 atom stereocenters. The largest absolute Gasteiger partial charge is 0.464 e. The van der Waals surface area contributed by atoms with Crippen LogP contribution < -0.4 is 4.74 Å². The van der Waals surface area contributed by atoms with Gasteiger partial charge in [-0.05, 0) is 30.0 Å². The minimum atomic E-state index is 0.148. The summed E-state index contributed by atoms with van der Waals surface area (Å²) in [4.78, 5) is 12.0. The summed E-state index contributed by atoms with van der Waals surface area (Å²) in [5, 5.41) is 4.05. The molecule has 0 aliphatic carbocycles. The monoisotopic (exact) mass is 241 g/mol. The summed E-state index contributed by atoms with van der Waals surface area (Å²) in [5.41, 5.74) is 0.922. The zero-order valence-electron chi connectivity index (χ0n) is 7.98. The van der Waals surface area contributed by atoms with E-state index in [1.54, 1.807) is 11.3 Å². The van der Waals surface area contributed by atoms with E-state index in [1.165, 1.54) is 0 Å². The van der Waals surface area contributed by atoms with Gasteiger partial charge in [0.25, 0.3) is 0 Å². The van der Waals surface area contributed by atoms with Gasteiger partial charge in [-0.15, -0.1) is 0 Å². The fourth-order valence-corrected chi connectivity index (χ4v) is 1.83. The summed E-state index contributed by atoms with van der Waals surface area (Å²) >= 11 is 7.34. The Hall–Kier alpha value is -1.20. The summed E-state index contributed by atoms with van der Waals surface area (Å²) in [7, 11) is 0. The molecule has 0 aliphatic heterocycles. The van der Waals surface area contributed by atoms with Gasteiger partial charge in [0.05, 0.1) is 6.61 Å². The van der Waals surface area contributed by atoms with Crippen LogP contribution in [0.4, 0.5) is 0 Å². The lowest BCUT2D eigenvalue weighted by Crippen LogP contribution is -2.00. The Bertz CT molecular complexity index is 447. The van der Waals surface area contributed by atoms with Gasteiger partial charge in [0.15, 0.2) is 5.82 Å².